The van der Waals surface area contributed by atoms with Crippen LogP contribution in [0.1, 0.15) is 35.7 Å². The Balaban J connectivity index is 1.72. The highest BCUT2D eigenvalue weighted by atomic mass is 35.5. The normalized spacial score (nSPS) is 17.4. The van der Waals surface area contributed by atoms with E-state index in [0.29, 0.717) is 5.02 Å². The molecule has 1 aromatic heterocycles. The van der Waals surface area contributed by atoms with Crippen LogP contribution in [0.4, 0.5) is 5.69 Å². The third kappa shape index (κ3) is 3.14. The molecular weight excluding hydrogens is 300 g/mol. The molecule has 1 heterocycles. The van der Waals surface area contributed by atoms with Gasteiger partial charge in [-0.1, -0.05) is 11.6 Å². The van der Waals surface area contributed by atoms with Gasteiger partial charge in [-0.2, -0.15) is 5.10 Å². The van der Waals surface area contributed by atoms with E-state index in [-0.39, 0.29) is 11.8 Å². The zero-order valence-electron chi connectivity index (χ0n) is 12.0. The van der Waals surface area contributed by atoms with Gasteiger partial charge in [-0.25, -0.2) is 0 Å². The Morgan fingerprint density at radius 3 is 2.91 bits per heavy atom. The predicted octanol–water partition coefficient (Wildman–Crippen LogP) is 3.02. The van der Waals surface area contributed by atoms with Crippen molar-refractivity contribution in [3.63, 3.8) is 0 Å². The number of fused-ring (bicyclic) bond motifs is 1. The molecule has 0 saturated carbocycles. The molecular formula is C16H17ClN4O. The van der Waals surface area contributed by atoms with Crippen molar-refractivity contribution in [2.45, 2.75) is 25.2 Å². The summed E-state index contributed by atoms with van der Waals surface area (Å²) in [5, 5.41) is 4.87. The van der Waals surface area contributed by atoms with E-state index in [4.69, 9.17) is 17.3 Å². The average molecular weight is 317 g/mol. The maximum Gasteiger partial charge on any atom is 0.226 e. The van der Waals surface area contributed by atoms with Crippen LogP contribution in [0.2, 0.25) is 5.02 Å². The Morgan fingerprint density at radius 1 is 1.41 bits per heavy atom. The van der Waals surface area contributed by atoms with Crippen molar-refractivity contribution in [1.82, 2.24) is 4.98 Å². The quantitative estimate of drug-likeness (QED) is 0.598. The standard InChI is InChI=1S/C16H17ClN4O/c17-11-4-6-12(7-5-11)21-19-9-13-8-10-2-1-3-14(16(18)22)15(10)20-13/h4-9,14,20-21H,1-3H2,(H2,18,22)/b19-9+. The van der Waals surface area contributed by atoms with Crippen LogP contribution in [0.25, 0.3) is 0 Å². The number of nitrogens with two attached hydrogens (primary N) is 1. The molecule has 1 aromatic carbocycles. The van der Waals surface area contributed by atoms with Crippen molar-refractivity contribution in [3.8, 4) is 0 Å². The summed E-state index contributed by atoms with van der Waals surface area (Å²) in [5.74, 6) is -0.485. The number of benzene rings is 1. The SMILES string of the molecule is NC(=O)C1CCCc2cc(/C=N/Nc3ccc(Cl)cc3)[nH]c21. The van der Waals surface area contributed by atoms with Crippen LogP contribution in [0.3, 0.4) is 0 Å². The first-order valence-corrected chi connectivity index (χ1v) is 7.57. The number of aryl methyl sites for hydroxylation is 1. The lowest BCUT2D eigenvalue weighted by Crippen LogP contribution is -2.24. The molecule has 1 atom stereocenters. The summed E-state index contributed by atoms with van der Waals surface area (Å²) in [4.78, 5) is 14.7. The Labute approximate surface area is 133 Å². The number of halogens is 1. The van der Waals surface area contributed by atoms with Crippen LogP contribution in [-0.4, -0.2) is 17.1 Å². The number of anilines is 1. The van der Waals surface area contributed by atoms with Crippen molar-refractivity contribution >= 4 is 29.4 Å². The number of nitrogens with zero attached hydrogens (tertiary/aromatic N) is 1. The number of carbonyl (C=O) groups excluding carboxylic acids is 1. The molecule has 1 aliphatic carbocycles. The molecule has 4 N–H and O–H groups in total. The summed E-state index contributed by atoms with van der Waals surface area (Å²) in [6.45, 7) is 0. The third-order valence-corrected chi connectivity index (χ3v) is 4.08. The molecule has 0 aliphatic heterocycles. The van der Waals surface area contributed by atoms with Crippen molar-refractivity contribution in [2.24, 2.45) is 10.8 Å². The highest BCUT2D eigenvalue weighted by Crippen LogP contribution is 2.31. The zero-order chi connectivity index (χ0) is 15.5. The van der Waals surface area contributed by atoms with Crippen LogP contribution in [0.5, 0.6) is 0 Å². The van der Waals surface area contributed by atoms with Gasteiger partial charge in [-0.15, -0.1) is 0 Å². The number of amides is 1. The molecule has 0 saturated heterocycles. The molecule has 1 aliphatic rings. The molecule has 0 spiro atoms. The molecule has 1 amide bonds. The first-order valence-electron chi connectivity index (χ1n) is 7.19. The summed E-state index contributed by atoms with van der Waals surface area (Å²) >= 11 is 5.83. The second-order valence-corrected chi connectivity index (χ2v) is 5.82. The van der Waals surface area contributed by atoms with E-state index in [0.717, 1.165) is 41.9 Å². The largest absolute Gasteiger partial charge is 0.369 e. The van der Waals surface area contributed by atoms with Gasteiger partial charge < -0.3 is 10.7 Å². The van der Waals surface area contributed by atoms with E-state index >= 15 is 0 Å². The minimum Gasteiger partial charge on any atom is -0.369 e. The number of hydrogen-bond donors (Lipinski definition) is 3. The molecule has 0 radical (unpaired) electrons. The van der Waals surface area contributed by atoms with Gasteiger partial charge in [-0.05, 0) is 55.2 Å². The summed E-state index contributed by atoms with van der Waals surface area (Å²) < 4.78 is 0. The number of aromatic nitrogens is 1. The highest BCUT2D eigenvalue weighted by molar-refractivity contribution is 6.30. The number of H-pyrrole nitrogens is 1. The molecule has 5 nitrogen and oxygen atoms in total. The molecule has 3 rings (SSSR count). The number of rotatable bonds is 4. The van der Waals surface area contributed by atoms with E-state index < -0.39 is 0 Å². The molecule has 6 heteroatoms. The van der Waals surface area contributed by atoms with Crippen LogP contribution in [-0.2, 0) is 11.2 Å². The fourth-order valence-electron chi connectivity index (χ4n) is 2.75. The summed E-state index contributed by atoms with van der Waals surface area (Å²) in [6.07, 6.45) is 4.46. The molecule has 0 bridgehead atoms. The maximum absolute atomic E-state index is 11.5. The van der Waals surface area contributed by atoms with E-state index in [1.54, 1.807) is 18.3 Å². The van der Waals surface area contributed by atoms with Crippen molar-refractivity contribution in [1.29, 1.82) is 0 Å². The number of aromatic amines is 1. The van der Waals surface area contributed by atoms with Crippen molar-refractivity contribution in [2.75, 3.05) is 5.43 Å². The lowest BCUT2D eigenvalue weighted by molar-refractivity contribution is -0.119. The minimum absolute atomic E-state index is 0.213. The predicted molar refractivity (Wildman–Crippen MR) is 88.3 cm³/mol. The minimum atomic E-state index is -0.273. The number of hydrazone groups is 1. The lowest BCUT2D eigenvalue weighted by Gasteiger charge is -2.19. The van der Waals surface area contributed by atoms with Crippen LogP contribution < -0.4 is 11.2 Å². The van der Waals surface area contributed by atoms with Crippen molar-refractivity contribution in [3.05, 3.63) is 52.3 Å². The second-order valence-electron chi connectivity index (χ2n) is 5.39. The van der Waals surface area contributed by atoms with Crippen LogP contribution in [0.15, 0.2) is 35.4 Å². The van der Waals surface area contributed by atoms with Crippen LogP contribution in [0, 0.1) is 0 Å². The van der Waals surface area contributed by atoms with E-state index in [1.807, 2.05) is 18.2 Å². The van der Waals surface area contributed by atoms with Gasteiger partial charge in [0.2, 0.25) is 5.91 Å². The Hall–Kier alpha value is -2.27. The summed E-state index contributed by atoms with van der Waals surface area (Å²) in [6, 6.07) is 9.32. The number of carbonyl (C=O) groups is 1. The molecule has 22 heavy (non-hydrogen) atoms. The third-order valence-electron chi connectivity index (χ3n) is 3.83. The van der Waals surface area contributed by atoms with Gasteiger partial charge in [0.25, 0.3) is 0 Å². The smallest absolute Gasteiger partial charge is 0.226 e. The van der Waals surface area contributed by atoms with Gasteiger partial charge in [-0.3, -0.25) is 10.2 Å². The van der Waals surface area contributed by atoms with E-state index in [9.17, 15) is 4.79 Å². The number of hydrogen-bond acceptors (Lipinski definition) is 3. The Bertz CT molecular complexity index is 705. The number of nitrogens with one attached hydrogen (secondary N) is 2. The van der Waals surface area contributed by atoms with Crippen LogP contribution >= 0.6 is 11.6 Å². The first kappa shape index (κ1) is 14.7. The van der Waals surface area contributed by atoms with Gasteiger partial charge in [0.05, 0.1) is 23.5 Å². The van der Waals surface area contributed by atoms with E-state index in [1.165, 1.54) is 0 Å². The molecule has 1 unspecified atom stereocenters. The monoisotopic (exact) mass is 316 g/mol. The molecule has 0 fully saturated rings. The van der Waals surface area contributed by atoms with Crippen molar-refractivity contribution < 1.29 is 4.79 Å². The van der Waals surface area contributed by atoms with Gasteiger partial charge in [0.1, 0.15) is 0 Å². The fourth-order valence-corrected chi connectivity index (χ4v) is 2.88. The van der Waals surface area contributed by atoms with Gasteiger partial charge in [0, 0.05) is 10.7 Å². The maximum atomic E-state index is 11.5. The summed E-state index contributed by atoms with van der Waals surface area (Å²) in [7, 11) is 0. The second kappa shape index (κ2) is 6.23. The van der Waals surface area contributed by atoms with E-state index in [2.05, 4.69) is 15.5 Å². The number of primary amides is 1. The Kier molecular flexibility index (Phi) is 4.15. The Morgan fingerprint density at radius 2 is 2.18 bits per heavy atom. The summed E-state index contributed by atoms with van der Waals surface area (Å²) in [5.41, 5.74) is 12.2. The molecule has 114 valence electrons. The van der Waals surface area contributed by atoms with Gasteiger partial charge in [0.15, 0.2) is 0 Å². The average Bonchev–Trinajstić information content (AvgIpc) is 2.91. The first-order chi connectivity index (χ1) is 10.6. The molecule has 2 aromatic rings. The topological polar surface area (TPSA) is 83.3 Å². The fraction of sp³-hybridized carbons (Fsp3) is 0.250. The highest BCUT2D eigenvalue weighted by Gasteiger charge is 2.26. The lowest BCUT2D eigenvalue weighted by atomic mass is 9.87. The zero-order valence-corrected chi connectivity index (χ0v) is 12.7. The van der Waals surface area contributed by atoms with Gasteiger partial charge >= 0.3 is 0 Å².